The fourth-order valence-corrected chi connectivity index (χ4v) is 4.38. The molecule has 1 saturated heterocycles. The molecule has 0 unspecified atom stereocenters. The summed E-state index contributed by atoms with van der Waals surface area (Å²) in [5.41, 5.74) is 0.697. The van der Waals surface area contributed by atoms with E-state index in [1.54, 1.807) is 24.3 Å². The Balaban J connectivity index is 1.56. The molecule has 2 N–H and O–H groups in total. The Morgan fingerprint density at radius 3 is 2.34 bits per heavy atom. The third kappa shape index (κ3) is 5.33. The minimum Gasteiger partial charge on any atom is -0.379 e. The van der Waals surface area contributed by atoms with Crippen molar-refractivity contribution >= 4 is 39.1 Å². The van der Waals surface area contributed by atoms with Crippen LogP contribution in [0.4, 0.5) is 5.69 Å². The summed E-state index contributed by atoms with van der Waals surface area (Å²) < 4.78 is 31.7. The van der Waals surface area contributed by atoms with Crippen LogP contribution in [-0.4, -0.2) is 57.4 Å². The van der Waals surface area contributed by atoms with Crippen molar-refractivity contribution in [2.24, 2.45) is 0 Å². The second-order valence-electron chi connectivity index (χ2n) is 6.25. The summed E-state index contributed by atoms with van der Waals surface area (Å²) in [4.78, 5) is 24.3. The number of halogens is 1. The number of rotatable bonds is 6. The van der Waals surface area contributed by atoms with Gasteiger partial charge in [0.2, 0.25) is 15.9 Å². The molecule has 1 fully saturated rings. The molecule has 0 atom stereocenters. The molecule has 8 nitrogen and oxygen atoms in total. The van der Waals surface area contributed by atoms with E-state index in [0.29, 0.717) is 37.0 Å². The van der Waals surface area contributed by atoms with Gasteiger partial charge in [-0.25, -0.2) is 8.42 Å². The Hall–Kier alpha value is -2.46. The highest BCUT2D eigenvalue weighted by atomic mass is 35.5. The summed E-state index contributed by atoms with van der Waals surface area (Å²) in [6.45, 7) is 1.11. The van der Waals surface area contributed by atoms with Gasteiger partial charge in [-0.15, -0.1) is 0 Å². The van der Waals surface area contributed by atoms with Gasteiger partial charge in [-0.3, -0.25) is 9.59 Å². The highest BCUT2D eigenvalue weighted by Gasteiger charge is 2.26. The first kappa shape index (κ1) is 21.3. The Bertz CT molecular complexity index is 989. The smallest absolute Gasteiger partial charge is 0.253 e. The zero-order chi connectivity index (χ0) is 20.9. The van der Waals surface area contributed by atoms with Crippen molar-refractivity contribution in [3.63, 3.8) is 0 Å². The van der Waals surface area contributed by atoms with Gasteiger partial charge < -0.3 is 15.4 Å². The van der Waals surface area contributed by atoms with Crippen LogP contribution in [0.1, 0.15) is 10.4 Å². The maximum Gasteiger partial charge on any atom is 0.253 e. The average Bonchev–Trinajstić information content (AvgIpc) is 2.73. The van der Waals surface area contributed by atoms with Crippen molar-refractivity contribution in [1.29, 1.82) is 0 Å². The SMILES string of the molecule is O=C(CNC(=O)c1ccccc1Cl)Nc1ccc(S(=O)(=O)N2CCOCC2)cc1. The third-order valence-electron chi connectivity index (χ3n) is 4.27. The number of carbonyl (C=O) groups excluding carboxylic acids is 2. The first-order valence-electron chi connectivity index (χ1n) is 8.88. The predicted molar refractivity (Wildman–Crippen MR) is 108 cm³/mol. The predicted octanol–water partition coefficient (Wildman–Crippen LogP) is 1.73. The van der Waals surface area contributed by atoms with E-state index < -0.39 is 21.8 Å². The highest BCUT2D eigenvalue weighted by molar-refractivity contribution is 7.89. The quantitative estimate of drug-likeness (QED) is 0.716. The van der Waals surface area contributed by atoms with Crippen LogP contribution < -0.4 is 10.6 Å². The van der Waals surface area contributed by atoms with Gasteiger partial charge in [0.05, 0.1) is 35.2 Å². The molecule has 2 amide bonds. The molecule has 1 aliphatic rings. The van der Waals surface area contributed by atoms with Crippen LogP contribution in [0.3, 0.4) is 0 Å². The van der Waals surface area contributed by atoms with E-state index in [4.69, 9.17) is 16.3 Å². The lowest BCUT2D eigenvalue weighted by Crippen LogP contribution is -2.40. The van der Waals surface area contributed by atoms with Crippen LogP contribution in [0, 0.1) is 0 Å². The zero-order valence-electron chi connectivity index (χ0n) is 15.4. The number of amides is 2. The molecule has 3 rings (SSSR count). The van der Waals surface area contributed by atoms with Gasteiger partial charge in [0.25, 0.3) is 5.91 Å². The van der Waals surface area contributed by atoms with Gasteiger partial charge in [0.15, 0.2) is 0 Å². The molecule has 0 aliphatic carbocycles. The number of nitrogens with zero attached hydrogens (tertiary/aromatic N) is 1. The molecule has 10 heteroatoms. The average molecular weight is 438 g/mol. The molecule has 29 heavy (non-hydrogen) atoms. The van der Waals surface area contributed by atoms with Crippen LogP contribution in [-0.2, 0) is 19.6 Å². The van der Waals surface area contributed by atoms with Gasteiger partial charge in [0.1, 0.15) is 0 Å². The van der Waals surface area contributed by atoms with E-state index in [-0.39, 0.29) is 17.0 Å². The minimum absolute atomic E-state index is 0.143. The van der Waals surface area contributed by atoms with E-state index in [1.807, 2.05) is 0 Å². The summed E-state index contributed by atoms with van der Waals surface area (Å²) in [5.74, 6) is -0.910. The van der Waals surface area contributed by atoms with Gasteiger partial charge in [-0.1, -0.05) is 23.7 Å². The number of hydrogen-bond donors (Lipinski definition) is 2. The number of sulfonamides is 1. The molecule has 2 aromatic rings. The van der Waals surface area contributed by atoms with Crippen molar-refractivity contribution in [1.82, 2.24) is 9.62 Å². The third-order valence-corrected chi connectivity index (χ3v) is 6.52. The number of ether oxygens (including phenoxy) is 1. The van der Waals surface area contributed by atoms with E-state index in [0.717, 1.165) is 0 Å². The van der Waals surface area contributed by atoms with Gasteiger partial charge in [0, 0.05) is 18.8 Å². The number of hydrogen-bond acceptors (Lipinski definition) is 5. The second kappa shape index (κ2) is 9.36. The molecule has 1 aliphatic heterocycles. The monoisotopic (exact) mass is 437 g/mol. The lowest BCUT2D eigenvalue weighted by molar-refractivity contribution is -0.115. The highest BCUT2D eigenvalue weighted by Crippen LogP contribution is 2.19. The number of morpholine rings is 1. The Morgan fingerprint density at radius 1 is 1.03 bits per heavy atom. The normalized spacial score (nSPS) is 14.9. The molecule has 0 aromatic heterocycles. The lowest BCUT2D eigenvalue weighted by Gasteiger charge is -2.26. The number of anilines is 1. The fraction of sp³-hybridized carbons (Fsp3) is 0.263. The maximum absolute atomic E-state index is 12.6. The minimum atomic E-state index is -3.59. The summed E-state index contributed by atoms with van der Waals surface area (Å²) >= 11 is 5.95. The van der Waals surface area contributed by atoms with Gasteiger partial charge >= 0.3 is 0 Å². The molecule has 0 saturated carbocycles. The zero-order valence-corrected chi connectivity index (χ0v) is 17.0. The number of carbonyl (C=O) groups is 2. The van der Waals surface area contributed by atoms with E-state index in [1.165, 1.54) is 28.6 Å². The number of nitrogens with one attached hydrogen (secondary N) is 2. The molecular weight excluding hydrogens is 418 g/mol. The van der Waals surface area contributed by atoms with Gasteiger partial charge in [-0.2, -0.15) is 4.31 Å². The Labute approximate surface area is 173 Å². The molecule has 1 heterocycles. The van der Waals surface area contributed by atoms with Crippen molar-refractivity contribution in [3.8, 4) is 0 Å². The van der Waals surface area contributed by atoms with Crippen molar-refractivity contribution in [2.45, 2.75) is 4.90 Å². The van der Waals surface area contributed by atoms with Crippen molar-refractivity contribution < 1.29 is 22.7 Å². The standard InChI is InChI=1S/C19H20ClN3O5S/c20-17-4-2-1-3-16(17)19(25)21-13-18(24)22-14-5-7-15(8-6-14)29(26,27)23-9-11-28-12-10-23/h1-8H,9-13H2,(H,21,25)(H,22,24). The first-order chi connectivity index (χ1) is 13.9. The summed E-state index contributed by atoms with van der Waals surface area (Å²) in [6.07, 6.45) is 0. The molecule has 0 radical (unpaired) electrons. The van der Waals surface area contributed by atoms with Crippen LogP contribution >= 0.6 is 11.6 Å². The maximum atomic E-state index is 12.6. The fourth-order valence-electron chi connectivity index (χ4n) is 2.75. The van der Waals surface area contributed by atoms with Crippen LogP contribution in [0.15, 0.2) is 53.4 Å². The Morgan fingerprint density at radius 2 is 1.69 bits per heavy atom. The van der Waals surface area contributed by atoms with Crippen LogP contribution in [0.5, 0.6) is 0 Å². The second-order valence-corrected chi connectivity index (χ2v) is 8.60. The van der Waals surface area contributed by atoms with E-state index in [9.17, 15) is 18.0 Å². The summed E-state index contributed by atoms with van der Waals surface area (Å²) in [5, 5.41) is 5.39. The molecule has 2 aromatic carbocycles. The summed E-state index contributed by atoms with van der Waals surface area (Å²) in [6, 6.07) is 12.4. The largest absolute Gasteiger partial charge is 0.379 e. The molecular formula is C19H20ClN3O5S. The van der Waals surface area contributed by atoms with E-state index >= 15 is 0 Å². The van der Waals surface area contributed by atoms with Crippen molar-refractivity contribution in [3.05, 3.63) is 59.1 Å². The molecule has 0 spiro atoms. The Kier molecular flexibility index (Phi) is 6.86. The van der Waals surface area contributed by atoms with Crippen LogP contribution in [0.25, 0.3) is 0 Å². The topological polar surface area (TPSA) is 105 Å². The lowest BCUT2D eigenvalue weighted by atomic mass is 10.2. The molecule has 0 bridgehead atoms. The first-order valence-corrected chi connectivity index (χ1v) is 10.7. The van der Waals surface area contributed by atoms with Crippen LogP contribution in [0.2, 0.25) is 5.02 Å². The van der Waals surface area contributed by atoms with Crippen molar-refractivity contribution in [2.75, 3.05) is 38.2 Å². The van der Waals surface area contributed by atoms with E-state index in [2.05, 4.69) is 10.6 Å². The molecule has 154 valence electrons. The number of benzene rings is 2. The summed E-state index contributed by atoms with van der Waals surface area (Å²) in [7, 11) is -3.59. The van der Waals surface area contributed by atoms with Gasteiger partial charge in [-0.05, 0) is 36.4 Å².